The lowest BCUT2D eigenvalue weighted by Gasteiger charge is -2.25. The minimum absolute atomic E-state index is 0.0452. The molecule has 0 aromatic heterocycles. The zero-order valence-electron chi connectivity index (χ0n) is 16.1. The van der Waals surface area contributed by atoms with Crippen molar-refractivity contribution in [1.82, 2.24) is 10.2 Å². The molecule has 1 fully saturated rings. The maximum Gasteiger partial charge on any atom is 0.325 e. The summed E-state index contributed by atoms with van der Waals surface area (Å²) in [5.74, 6) is -0.885. The molecule has 1 saturated heterocycles. The summed E-state index contributed by atoms with van der Waals surface area (Å²) < 4.78 is 4.95. The molecule has 0 unspecified atom stereocenters. The summed E-state index contributed by atoms with van der Waals surface area (Å²) in [5, 5.41) is 16.3. The van der Waals surface area contributed by atoms with Gasteiger partial charge in [0.25, 0.3) is 11.6 Å². The fourth-order valence-corrected chi connectivity index (χ4v) is 3.37. The van der Waals surface area contributed by atoms with Gasteiger partial charge in [-0.05, 0) is 25.0 Å². The molecule has 0 atom stereocenters. The van der Waals surface area contributed by atoms with Crippen LogP contribution in [0.3, 0.4) is 0 Å². The van der Waals surface area contributed by atoms with Gasteiger partial charge in [-0.1, -0.05) is 26.7 Å². The lowest BCUT2D eigenvalue weighted by atomic mass is 9.88. The maximum absolute atomic E-state index is 12.8. The Morgan fingerprint density at radius 2 is 1.93 bits per heavy atom. The number of rotatable bonds is 9. The molecule has 0 radical (unpaired) electrons. The van der Waals surface area contributed by atoms with Gasteiger partial charge in [-0.25, -0.2) is 4.79 Å². The number of nitro groups is 1. The van der Waals surface area contributed by atoms with Crippen molar-refractivity contribution in [2.75, 3.05) is 19.0 Å². The molecule has 28 heavy (non-hydrogen) atoms. The molecule has 152 valence electrons. The van der Waals surface area contributed by atoms with Crippen molar-refractivity contribution in [3.05, 3.63) is 28.3 Å². The monoisotopic (exact) mass is 392 g/mol. The zero-order chi connectivity index (χ0) is 20.9. The Morgan fingerprint density at radius 3 is 2.46 bits per heavy atom. The highest BCUT2D eigenvalue weighted by molar-refractivity contribution is 6.10. The second kappa shape index (κ2) is 8.68. The number of anilines is 1. The molecule has 1 heterocycles. The minimum Gasteiger partial charge on any atom is -0.496 e. The lowest BCUT2D eigenvalue weighted by molar-refractivity contribution is -0.384. The van der Waals surface area contributed by atoms with E-state index < -0.39 is 34.9 Å². The van der Waals surface area contributed by atoms with E-state index in [9.17, 15) is 24.5 Å². The van der Waals surface area contributed by atoms with E-state index >= 15 is 0 Å². The molecule has 1 aromatic carbocycles. The Kier molecular flexibility index (Phi) is 6.55. The summed E-state index contributed by atoms with van der Waals surface area (Å²) in [4.78, 5) is 48.9. The molecule has 10 nitrogen and oxygen atoms in total. The van der Waals surface area contributed by atoms with Crippen molar-refractivity contribution in [3.8, 4) is 5.75 Å². The van der Waals surface area contributed by atoms with Crippen molar-refractivity contribution < 1.29 is 24.0 Å². The fourth-order valence-electron chi connectivity index (χ4n) is 3.37. The molecule has 0 saturated carbocycles. The number of hydrogen-bond acceptors (Lipinski definition) is 6. The molecule has 0 spiro atoms. The first-order chi connectivity index (χ1) is 13.3. The van der Waals surface area contributed by atoms with Crippen LogP contribution in [0.4, 0.5) is 16.2 Å². The predicted octanol–water partition coefficient (Wildman–Crippen LogP) is 2.43. The number of urea groups is 1. The number of imide groups is 1. The van der Waals surface area contributed by atoms with Crippen LogP contribution in [0.5, 0.6) is 5.75 Å². The van der Waals surface area contributed by atoms with Crippen molar-refractivity contribution in [1.29, 1.82) is 0 Å². The average molecular weight is 392 g/mol. The number of amides is 4. The number of hydrogen-bond donors (Lipinski definition) is 2. The molecule has 1 aliphatic heterocycles. The molecule has 4 amide bonds. The summed E-state index contributed by atoms with van der Waals surface area (Å²) in [6, 6.07) is 3.34. The highest BCUT2D eigenvalue weighted by Crippen LogP contribution is 2.30. The van der Waals surface area contributed by atoms with Crippen LogP contribution in [-0.4, -0.2) is 46.9 Å². The standard InChI is InChI=1S/C18H24N4O6/c1-4-8-18(9-5-2)16(24)21(17(25)20-18)11-15(23)19-13-7-6-12(28-3)10-14(13)22(26)27/h6-7,10H,4-5,8-9,11H2,1-3H3,(H,19,23)(H,20,25). The molecule has 2 N–H and O–H groups in total. The lowest BCUT2D eigenvalue weighted by Crippen LogP contribution is -2.47. The first-order valence-electron chi connectivity index (χ1n) is 9.04. The van der Waals surface area contributed by atoms with Crippen LogP contribution in [-0.2, 0) is 9.59 Å². The summed E-state index contributed by atoms with van der Waals surface area (Å²) in [6.45, 7) is 3.30. The number of carbonyl (C=O) groups excluding carboxylic acids is 3. The highest BCUT2D eigenvalue weighted by Gasteiger charge is 2.50. The van der Waals surface area contributed by atoms with E-state index in [0.29, 0.717) is 25.7 Å². The summed E-state index contributed by atoms with van der Waals surface area (Å²) in [5.41, 5.74) is -1.39. The molecule has 2 rings (SSSR count). The fraction of sp³-hybridized carbons (Fsp3) is 0.500. The van der Waals surface area contributed by atoms with Gasteiger partial charge in [0.05, 0.1) is 18.1 Å². The first kappa shape index (κ1) is 21.1. The maximum atomic E-state index is 12.8. The van der Waals surface area contributed by atoms with Crippen molar-refractivity contribution in [2.24, 2.45) is 0 Å². The smallest absolute Gasteiger partial charge is 0.325 e. The molecule has 0 aliphatic carbocycles. The van der Waals surface area contributed by atoms with Crippen molar-refractivity contribution in [2.45, 2.75) is 45.1 Å². The topological polar surface area (TPSA) is 131 Å². The van der Waals surface area contributed by atoms with Crippen LogP contribution >= 0.6 is 0 Å². The number of ether oxygens (including phenoxy) is 1. The predicted molar refractivity (Wildman–Crippen MR) is 101 cm³/mol. The van der Waals surface area contributed by atoms with Crippen LogP contribution in [0.25, 0.3) is 0 Å². The Bertz CT molecular complexity index is 788. The summed E-state index contributed by atoms with van der Waals surface area (Å²) >= 11 is 0. The molecule has 0 bridgehead atoms. The third-order valence-corrected chi connectivity index (χ3v) is 4.58. The minimum atomic E-state index is -0.993. The van der Waals surface area contributed by atoms with Gasteiger partial charge in [-0.15, -0.1) is 0 Å². The number of nitrogens with zero attached hydrogens (tertiary/aromatic N) is 2. The number of methoxy groups -OCH3 is 1. The van der Waals surface area contributed by atoms with E-state index in [0.717, 1.165) is 4.90 Å². The van der Waals surface area contributed by atoms with Gasteiger partial charge in [-0.2, -0.15) is 0 Å². The molecule has 1 aliphatic rings. The quantitative estimate of drug-likeness (QED) is 0.377. The largest absolute Gasteiger partial charge is 0.496 e. The third-order valence-electron chi connectivity index (χ3n) is 4.58. The van der Waals surface area contributed by atoms with Crippen molar-refractivity contribution in [3.63, 3.8) is 0 Å². The highest BCUT2D eigenvalue weighted by atomic mass is 16.6. The number of nitro benzene ring substituents is 1. The zero-order valence-corrected chi connectivity index (χ0v) is 16.1. The van der Waals surface area contributed by atoms with Gasteiger partial charge in [0.2, 0.25) is 5.91 Å². The Morgan fingerprint density at radius 1 is 1.29 bits per heavy atom. The summed E-state index contributed by atoms with van der Waals surface area (Å²) in [7, 11) is 1.37. The van der Waals surface area contributed by atoms with Crippen molar-refractivity contribution >= 4 is 29.2 Å². The van der Waals surface area contributed by atoms with Crippen LogP contribution in [0, 0.1) is 10.1 Å². The first-order valence-corrected chi connectivity index (χ1v) is 9.04. The summed E-state index contributed by atoms with van der Waals surface area (Å²) in [6.07, 6.45) is 2.36. The van der Waals surface area contributed by atoms with E-state index in [1.807, 2.05) is 13.8 Å². The van der Waals surface area contributed by atoms with Crippen LogP contribution in [0.2, 0.25) is 0 Å². The molecule has 10 heteroatoms. The van der Waals surface area contributed by atoms with Crippen LogP contribution < -0.4 is 15.4 Å². The van der Waals surface area contributed by atoms with E-state index in [2.05, 4.69) is 10.6 Å². The van der Waals surface area contributed by atoms with Crippen LogP contribution in [0.15, 0.2) is 18.2 Å². The Balaban J connectivity index is 2.16. The van der Waals surface area contributed by atoms with Crippen LogP contribution in [0.1, 0.15) is 39.5 Å². The van der Waals surface area contributed by atoms with E-state index in [1.54, 1.807) is 0 Å². The Hall–Kier alpha value is -3.17. The number of benzene rings is 1. The molecular formula is C18H24N4O6. The second-order valence-electron chi connectivity index (χ2n) is 6.59. The molecule has 1 aromatic rings. The Labute approximate surface area is 162 Å². The number of nitrogens with one attached hydrogen (secondary N) is 2. The van der Waals surface area contributed by atoms with E-state index in [1.165, 1.54) is 25.3 Å². The van der Waals surface area contributed by atoms with Gasteiger partial charge >= 0.3 is 6.03 Å². The van der Waals surface area contributed by atoms with E-state index in [4.69, 9.17) is 4.74 Å². The third kappa shape index (κ3) is 4.21. The second-order valence-corrected chi connectivity index (χ2v) is 6.59. The number of carbonyl (C=O) groups is 3. The van der Waals surface area contributed by atoms with Gasteiger partial charge in [0.15, 0.2) is 0 Å². The van der Waals surface area contributed by atoms with Gasteiger partial charge in [-0.3, -0.25) is 24.6 Å². The van der Waals surface area contributed by atoms with Gasteiger partial charge in [0.1, 0.15) is 23.5 Å². The van der Waals surface area contributed by atoms with E-state index in [-0.39, 0.29) is 17.1 Å². The average Bonchev–Trinajstić information content (AvgIpc) is 2.86. The normalized spacial score (nSPS) is 15.3. The molecular weight excluding hydrogens is 368 g/mol. The van der Waals surface area contributed by atoms with Gasteiger partial charge in [0, 0.05) is 0 Å². The van der Waals surface area contributed by atoms with Gasteiger partial charge < -0.3 is 15.4 Å². The SMILES string of the molecule is CCCC1(CCC)NC(=O)N(CC(=O)Nc2ccc(OC)cc2[N+](=O)[O-])C1=O.